The molecule has 2 N–H and O–H groups in total. The fourth-order valence-corrected chi connectivity index (χ4v) is 2.44. The highest BCUT2D eigenvalue weighted by molar-refractivity contribution is 6.34. The van der Waals surface area contributed by atoms with Gasteiger partial charge in [-0.15, -0.1) is 0 Å². The maximum atomic E-state index is 12.3. The Hall–Kier alpha value is -3.11. The molecule has 0 heterocycles. The molecule has 0 radical (unpaired) electrons. The summed E-state index contributed by atoms with van der Waals surface area (Å²) in [4.78, 5) is 24.5. The fourth-order valence-electron chi connectivity index (χ4n) is 2.28. The van der Waals surface area contributed by atoms with Crippen molar-refractivity contribution in [3.63, 3.8) is 0 Å². The van der Waals surface area contributed by atoms with Crippen LogP contribution in [0.3, 0.4) is 0 Å². The smallest absolute Gasteiger partial charge is 0.255 e. The summed E-state index contributed by atoms with van der Waals surface area (Å²) in [6.45, 7) is 0. The van der Waals surface area contributed by atoms with Gasteiger partial charge in [0.05, 0.1) is 10.7 Å². The van der Waals surface area contributed by atoms with Crippen LogP contribution < -0.4 is 10.6 Å². The second-order valence-electron chi connectivity index (χ2n) is 5.33. The third-order valence-corrected chi connectivity index (χ3v) is 3.87. The van der Waals surface area contributed by atoms with Gasteiger partial charge in [-0.2, -0.15) is 0 Å². The van der Waals surface area contributed by atoms with Crippen LogP contribution >= 0.6 is 11.6 Å². The zero-order valence-electron chi connectivity index (χ0n) is 13.2. The summed E-state index contributed by atoms with van der Waals surface area (Å²) in [5.74, 6) is -0.503. The van der Waals surface area contributed by atoms with Crippen molar-refractivity contribution in [2.45, 2.75) is 0 Å². The van der Waals surface area contributed by atoms with Gasteiger partial charge in [-0.3, -0.25) is 9.59 Å². The van der Waals surface area contributed by atoms with E-state index in [1.807, 2.05) is 12.1 Å². The summed E-state index contributed by atoms with van der Waals surface area (Å²) in [7, 11) is 0. The maximum Gasteiger partial charge on any atom is 0.255 e. The Morgan fingerprint density at radius 1 is 0.680 bits per heavy atom. The molecule has 3 rings (SSSR count). The number of nitrogens with one attached hydrogen (secondary N) is 2. The fraction of sp³-hybridized carbons (Fsp3) is 0. The zero-order valence-corrected chi connectivity index (χ0v) is 14.0. The van der Waals surface area contributed by atoms with E-state index in [4.69, 9.17) is 11.6 Å². The number of hydrogen-bond donors (Lipinski definition) is 2. The number of anilines is 2. The summed E-state index contributed by atoms with van der Waals surface area (Å²) in [5, 5.41) is 5.94. The molecule has 3 aromatic carbocycles. The van der Waals surface area contributed by atoms with Crippen LogP contribution in [0, 0.1) is 0 Å². The Morgan fingerprint density at radius 2 is 1.20 bits per heavy atom. The van der Waals surface area contributed by atoms with Crippen LogP contribution in [-0.4, -0.2) is 11.8 Å². The van der Waals surface area contributed by atoms with Gasteiger partial charge >= 0.3 is 0 Å². The summed E-state index contributed by atoms with van der Waals surface area (Å²) in [6.07, 6.45) is 0. The number of benzene rings is 3. The summed E-state index contributed by atoms with van der Waals surface area (Å²) in [6, 6.07) is 22.7. The molecule has 0 aliphatic rings. The Labute approximate surface area is 150 Å². The van der Waals surface area contributed by atoms with Crippen molar-refractivity contribution >= 4 is 34.8 Å². The van der Waals surface area contributed by atoms with E-state index in [1.165, 1.54) is 0 Å². The Balaban J connectivity index is 1.76. The molecule has 124 valence electrons. The lowest BCUT2D eigenvalue weighted by atomic mass is 10.2. The SMILES string of the molecule is O=C(Nc1ccc(Cl)c(NC(=O)c2ccccc2)c1)c1ccccc1. The standard InChI is InChI=1S/C20H15ClN2O2/c21-17-12-11-16(22-19(24)14-7-3-1-4-8-14)13-18(17)23-20(25)15-9-5-2-6-10-15/h1-13H,(H,22,24)(H,23,25). The van der Waals surface area contributed by atoms with E-state index >= 15 is 0 Å². The number of carbonyl (C=O) groups is 2. The van der Waals surface area contributed by atoms with Crippen LogP contribution in [0.2, 0.25) is 5.02 Å². The highest BCUT2D eigenvalue weighted by Crippen LogP contribution is 2.26. The van der Waals surface area contributed by atoms with Gasteiger partial charge in [-0.25, -0.2) is 0 Å². The van der Waals surface area contributed by atoms with E-state index in [2.05, 4.69) is 10.6 Å². The molecule has 0 aliphatic carbocycles. The normalized spacial score (nSPS) is 10.1. The lowest BCUT2D eigenvalue weighted by Gasteiger charge is -2.11. The molecule has 2 amide bonds. The molecule has 5 heteroatoms. The predicted octanol–water partition coefficient (Wildman–Crippen LogP) is 4.84. The molecule has 0 aromatic heterocycles. The van der Waals surface area contributed by atoms with Crippen LogP contribution in [0.15, 0.2) is 78.9 Å². The molecule has 0 saturated carbocycles. The number of rotatable bonds is 4. The van der Waals surface area contributed by atoms with E-state index in [9.17, 15) is 9.59 Å². The molecule has 0 aliphatic heterocycles. The first-order valence-electron chi connectivity index (χ1n) is 7.66. The van der Waals surface area contributed by atoms with Crippen LogP contribution in [0.1, 0.15) is 20.7 Å². The molecule has 0 fully saturated rings. The van der Waals surface area contributed by atoms with Crippen molar-refractivity contribution in [2.75, 3.05) is 10.6 Å². The van der Waals surface area contributed by atoms with Gasteiger partial charge in [-0.05, 0) is 42.5 Å². The van der Waals surface area contributed by atoms with Crippen molar-refractivity contribution in [3.05, 3.63) is 95.0 Å². The Morgan fingerprint density at radius 3 is 1.76 bits per heavy atom. The Kier molecular flexibility index (Phi) is 5.11. The van der Waals surface area contributed by atoms with Gasteiger partial charge in [0.25, 0.3) is 11.8 Å². The molecule has 0 bridgehead atoms. The average Bonchev–Trinajstić information content (AvgIpc) is 2.66. The molecule has 25 heavy (non-hydrogen) atoms. The van der Waals surface area contributed by atoms with Crippen LogP contribution in [0.5, 0.6) is 0 Å². The maximum absolute atomic E-state index is 12.3. The average molecular weight is 351 g/mol. The Bertz CT molecular complexity index is 896. The molecule has 0 spiro atoms. The van der Waals surface area contributed by atoms with Gasteiger partial charge in [0, 0.05) is 16.8 Å². The topological polar surface area (TPSA) is 58.2 Å². The number of halogens is 1. The first kappa shape index (κ1) is 16.7. The minimum atomic E-state index is -0.269. The van der Waals surface area contributed by atoms with Crippen molar-refractivity contribution in [1.29, 1.82) is 0 Å². The summed E-state index contributed by atoms with van der Waals surface area (Å²) < 4.78 is 0. The number of amides is 2. The lowest BCUT2D eigenvalue weighted by molar-refractivity contribution is 0.101. The molecule has 4 nitrogen and oxygen atoms in total. The van der Waals surface area contributed by atoms with Crippen molar-refractivity contribution in [1.82, 2.24) is 0 Å². The van der Waals surface area contributed by atoms with Crippen LogP contribution in [0.4, 0.5) is 11.4 Å². The lowest BCUT2D eigenvalue weighted by Crippen LogP contribution is -2.14. The highest BCUT2D eigenvalue weighted by atomic mass is 35.5. The van der Waals surface area contributed by atoms with E-state index in [-0.39, 0.29) is 11.8 Å². The molecular weight excluding hydrogens is 336 g/mol. The minimum absolute atomic E-state index is 0.233. The summed E-state index contributed by atoms with van der Waals surface area (Å²) >= 11 is 6.15. The summed E-state index contributed by atoms with van der Waals surface area (Å²) in [5.41, 5.74) is 2.05. The van der Waals surface area contributed by atoms with Gasteiger partial charge in [-0.1, -0.05) is 48.0 Å². The van der Waals surface area contributed by atoms with Gasteiger partial charge in [0.15, 0.2) is 0 Å². The number of hydrogen-bond acceptors (Lipinski definition) is 2. The molecule has 0 saturated heterocycles. The van der Waals surface area contributed by atoms with Gasteiger partial charge in [0.2, 0.25) is 0 Å². The third-order valence-electron chi connectivity index (χ3n) is 3.54. The highest BCUT2D eigenvalue weighted by Gasteiger charge is 2.11. The third kappa shape index (κ3) is 4.25. The van der Waals surface area contributed by atoms with Crippen molar-refractivity contribution < 1.29 is 9.59 Å². The van der Waals surface area contributed by atoms with Crippen molar-refractivity contribution in [3.8, 4) is 0 Å². The van der Waals surface area contributed by atoms with Gasteiger partial charge < -0.3 is 10.6 Å². The van der Waals surface area contributed by atoms with Crippen LogP contribution in [0.25, 0.3) is 0 Å². The van der Waals surface area contributed by atoms with Gasteiger partial charge in [0.1, 0.15) is 0 Å². The van der Waals surface area contributed by atoms with E-state index in [0.717, 1.165) is 0 Å². The van der Waals surface area contributed by atoms with E-state index in [0.29, 0.717) is 27.5 Å². The quantitative estimate of drug-likeness (QED) is 0.707. The minimum Gasteiger partial charge on any atom is -0.322 e. The van der Waals surface area contributed by atoms with Crippen molar-refractivity contribution in [2.24, 2.45) is 0 Å². The first-order chi connectivity index (χ1) is 12.1. The van der Waals surface area contributed by atoms with E-state index in [1.54, 1.807) is 66.7 Å². The molecule has 0 unspecified atom stereocenters. The number of carbonyl (C=O) groups excluding carboxylic acids is 2. The predicted molar refractivity (Wildman–Crippen MR) is 100 cm³/mol. The molecule has 0 atom stereocenters. The second kappa shape index (κ2) is 7.64. The van der Waals surface area contributed by atoms with E-state index < -0.39 is 0 Å². The van der Waals surface area contributed by atoms with Crippen LogP contribution in [-0.2, 0) is 0 Å². The molecule has 3 aromatic rings. The second-order valence-corrected chi connectivity index (χ2v) is 5.74. The zero-order chi connectivity index (χ0) is 17.6. The largest absolute Gasteiger partial charge is 0.322 e. The monoisotopic (exact) mass is 350 g/mol. The first-order valence-corrected chi connectivity index (χ1v) is 8.03. The molecular formula is C20H15ClN2O2.